The molecule has 0 saturated heterocycles. The molecule has 0 unspecified atom stereocenters. The highest BCUT2D eigenvalue weighted by molar-refractivity contribution is 8.00. The minimum atomic E-state index is -0.550. The van der Waals surface area contributed by atoms with Crippen molar-refractivity contribution in [3.63, 3.8) is 0 Å². The van der Waals surface area contributed by atoms with E-state index >= 15 is 0 Å². The molecule has 0 radical (unpaired) electrons. The van der Waals surface area contributed by atoms with Gasteiger partial charge in [0.2, 0.25) is 5.91 Å². The zero-order chi connectivity index (χ0) is 21.2. The van der Waals surface area contributed by atoms with E-state index in [2.05, 4.69) is 10.6 Å². The number of thioether (sulfide) groups is 1. The maximum Gasteiger partial charge on any atom is 0.316 e. The standard InChI is InChI=1S/C21H24N2O5S/c1-14-8-9-17(27-3)16(10-14)23-19(24)11-22-20(25)12-28-21(26)13-29-18-7-5-4-6-15(18)2/h4-10H,11-13H2,1-3H3,(H,22,25)(H,23,24). The molecule has 29 heavy (non-hydrogen) atoms. The number of hydrogen-bond donors (Lipinski definition) is 2. The fourth-order valence-electron chi connectivity index (χ4n) is 2.39. The van der Waals surface area contributed by atoms with Crippen LogP contribution in [-0.4, -0.2) is 43.8 Å². The van der Waals surface area contributed by atoms with Crippen molar-refractivity contribution in [1.82, 2.24) is 5.32 Å². The van der Waals surface area contributed by atoms with Crippen molar-refractivity contribution in [3.05, 3.63) is 53.6 Å². The molecular weight excluding hydrogens is 392 g/mol. The van der Waals surface area contributed by atoms with Crippen LogP contribution >= 0.6 is 11.8 Å². The number of ether oxygens (including phenoxy) is 2. The molecule has 0 aromatic heterocycles. The fourth-order valence-corrected chi connectivity index (χ4v) is 3.21. The number of methoxy groups -OCH3 is 1. The van der Waals surface area contributed by atoms with Gasteiger partial charge in [0.15, 0.2) is 6.61 Å². The quantitative estimate of drug-likeness (QED) is 0.482. The molecule has 2 aromatic rings. The molecule has 0 aliphatic heterocycles. The van der Waals surface area contributed by atoms with Crippen LogP contribution < -0.4 is 15.4 Å². The molecule has 0 fully saturated rings. The molecule has 154 valence electrons. The van der Waals surface area contributed by atoms with E-state index in [0.717, 1.165) is 16.0 Å². The minimum absolute atomic E-state index is 0.103. The highest BCUT2D eigenvalue weighted by Gasteiger charge is 2.12. The van der Waals surface area contributed by atoms with Gasteiger partial charge < -0.3 is 20.1 Å². The Hall–Kier alpha value is -3.00. The summed E-state index contributed by atoms with van der Waals surface area (Å²) in [6, 6.07) is 13.1. The minimum Gasteiger partial charge on any atom is -0.495 e. The average Bonchev–Trinajstić information content (AvgIpc) is 2.70. The first-order valence-corrected chi connectivity index (χ1v) is 9.93. The number of esters is 1. The lowest BCUT2D eigenvalue weighted by molar-refractivity contribution is -0.146. The van der Waals surface area contributed by atoms with Crippen molar-refractivity contribution < 1.29 is 23.9 Å². The summed E-state index contributed by atoms with van der Waals surface area (Å²) in [6.45, 7) is 3.17. The van der Waals surface area contributed by atoms with Crippen LogP contribution in [0.4, 0.5) is 5.69 Å². The summed E-state index contributed by atoms with van der Waals surface area (Å²) in [5, 5.41) is 5.09. The van der Waals surface area contributed by atoms with Gasteiger partial charge in [-0.25, -0.2) is 0 Å². The molecule has 7 nitrogen and oxygen atoms in total. The zero-order valence-corrected chi connectivity index (χ0v) is 17.4. The lowest BCUT2D eigenvalue weighted by Gasteiger charge is -2.11. The van der Waals surface area contributed by atoms with Crippen LogP contribution in [0.25, 0.3) is 0 Å². The van der Waals surface area contributed by atoms with E-state index in [9.17, 15) is 14.4 Å². The van der Waals surface area contributed by atoms with Crippen LogP contribution in [0.2, 0.25) is 0 Å². The molecule has 0 spiro atoms. The van der Waals surface area contributed by atoms with Gasteiger partial charge in [0.05, 0.1) is 25.1 Å². The van der Waals surface area contributed by atoms with Crippen molar-refractivity contribution in [3.8, 4) is 5.75 Å². The lowest BCUT2D eigenvalue weighted by Crippen LogP contribution is -2.35. The maximum atomic E-state index is 12.0. The number of hydrogen-bond acceptors (Lipinski definition) is 6. The average molecular weight is 416 g/mol. The number of anilines is 1. The molecule has 0 saturated carbocycles. The smallest absolute Gasteiger partial charge is 0.316 e. The van der Waals surface area contributed by atoms with Crippen molar-refractivity contribution in [2.24, 2.45) is 0 Å². The van der Waals surface area contributed by atoms with Crippen molar-refractivity contribution in [2.75, 3.05) is 31.3 Å². The molecule has 0 aliphatic rings. The highest BCUT2D eigenvalue weighted by Crippen LogP contribution is 2.25. The Balaban J connectivity index is 1.70. The van der Waals surface area contributed by atoms with E-state index in [-0.39, 0.29) is 12.3 Å². The molecule has 0 aliphatic carbocycles. The lowest BCUT2D eigenvalue weighted by atomic mass is 10.2. The van der Waals surface area contributed by atoms with Gasteiger partial charge in [0, 0.05) is 4.90 Å². The zero-order valence-electron chi connectivity index (χ0n) is 16.6. The van der Waals surface area contributed by atoms with Crippen LogP contribution in [-0.2, 0) is 19.1 Å². The number of nitrogens with one attached hydrogen (secondary N) is 2. The second kappa shape index (κ2) is 11.1. The Morgan fingerprint density at radius 2 is 1.79 bits per heavy atom. The summed E-state index contributed by atoms with van der Waals surface area (Å²) >= 11 is 1.35. The number of rotatable bonds is 9. The Morgan fingerprint density at radius 3 is 2.52 bits per heavy atom. The first-order chi connectivity index (χ1) is 13.9. The Kier molecular flexibility index (Phi) is 8.54. The summed E-state index contributed by atoms with van der Waals surface area (Å²) in [5.74, 6) is -0.835. The van der Waals surface area contributed by atoms with Crippen molar-refractivity contribution in [1.29, 1.82) is 0 Å². The molecule has 2 rings (SSSR count). The SMILES string of the molecule is COc1ccc(C)cc1NC(=O)CNC(=O)COC(=O)CSc1ccccc1C. The first kappa shape index (κ1) is 22.3. The monoisotopic (exact) mass is 416 g/mol. The van der Waals surface area contributed by atoms with Gasteiger partial charge in [-0.15, -0.1) is 11.8 Å². The molecule has 2 N–H and O–H groups in total. The van der Waals surface area contributed by atoms with Gasteiger partial charge in [0.1, 0.15) is 5.75 Å². The molecule has 2 aromatic carbocycles. The second-order valence-corrected chi connectivity index (χ2v) is 7.26. The third-order valence-corrected chi connectivity index (χ3v) is 5.03. The summed E-state index contributed by atoms with van der Waals surface area (Å²) < 4.78 is 10.1. The largest absolute Gasteiger partial charge is 0.495 e. The summed E-state index contributed by atoms with van der Waals surface area (Å²) in [6.07, 6.45) is 0. The first-order valence-electron chi connectivity index (χ1n) is 8.94. The molecule has 0 heterocycles. The van der Waals surface area contributed by atoms with Gasteiger partial charge in [0.25, 0.3) is 5.91 Å². The normalized spacial score (nSPS) is 10.2. The molecule has 0 atom stereocenters. The molecule has 2 amide bonds. The van der Waals surface area contributed by atoms with Crippen LogP contribution in [0.15, 0.2) is 47.4 Å². The Morgan fingerprint density at radius 1 is 1.03 bits per heavy atom. The number of benzene rings is 2. The van der Waals surface area contributed by atoms with E-state index < -0.39 is 24.4 Å². The van der Waals surface area contributed by atoms with Crippen LogP contribution in [0.5, 0.6) is 5.75 Å². The van der Waals surface area contributed by atoms with Crippen molar-refractivity contribution >= 4 is 35.2 Å². The van der Waals surface area contributed by atoms with Gasteiger partial charge in [-0.3, -0.25) is 14.4 Å². The van der Waals surface area contributed by atoms with E-state index in [1.807, 2.05) is 44.2 Å². The fraction of sp³-hybridized carbons (Fsp3) is 0.286. The van der Waals surface area contributed by atoms with Crippen LogP contribution in [0.3, 0.4) is 0 Å². The number of amides is 2. The number of aryl methyl sites for hydroxylation is 2. The molecular formula is C21H24N2O5S. The molecule has 8 heteroatoms. The van der Waals surface area contributed by atoms with Gasteiger partial charge in [-0.1, -0.05) is 24.3 Å². The van der Waals surface area contributed by atoms with Crippen LogP contribution in [0, 0.1) is 13.8 Å². The van der Waals surface area contributed by atoms with Crippen LogP contribution in [0.1, 0.15) is 11.1 Å². The van der Waals surface area contributed by atoms with Gasteiger partial charge in [-0.05, 0) is 43.2 Å². The van der Waals surface area contributed by atoms with E-state index in [1.165, 1.54) is 18.9 Å². The van der Waals surface area contributed by atoms with E-state index in [4.69, 9.17) is 9.47 Å². The maximum absolute atomic E-state index is 12.0. The predicted molar refractivity (Wildman–Crippen MR) is 112 cm³/mol. The topological polar surface area (TPSA) is 93.7 Å². The van der Waals surface area contributed by atoms with E-state index in [0.29, 0.717) is 11.4 Å². The molecule has 0 bridgehead atoms. The highest BCUT2D eigenvalue weighted by atomic mass is 32.2. The summed E-state index contributed by atoms with van der Waals surface area (Å²) in [7, 11) is 1.51. The van der Waals surface area contributed by atoms with Gasteiger partial charge >= 0.3 is 5.97 Å². The number of carbonyl (C=O) groups excluding carboxylic acids is 3. The Bertz CT molecular complexity index is 885. The second-order valence-electron chi connectivity index (χ2n) is 6.24. The van der Waals surface area contributed by atoms with E-state index in [1.54, 1.807) is 12.1 Å². The predicted octanol–water partition coefficient (Wildman–Crippen LogP) is 2.70. The van der Waals surface area contributed by atoms with Crippen molar-refractivity contribution in [2.45, 2.75) is 18.7 Å². The summed E-state index contributed by atoms with van der Waals surface area (Å²) in [5.41, 5.74) is 2.55. The Labute approximate surface area is 174 Å². The summed E-state index contributed by atoms with van der Waals surface area (Å²) in [4.78, 5) is 36.6. The third kappa shape index (κ3) is 7.50. The third-order valence-electron chi connectivity index (χ3n) is 3.88. The van der Waals surface area contributed by atoms with Gasteiger partial charge in [-0.2, -0.15) is 0 Å². The number of carbonyl (C=O) groups is 3.